The molecule has 0 fully saturated rings. The van der Waals surface area contributed by atoms with Crippen molar-refractivity contribution in [1.29, 1.82) is 0 Å². The fraction of sp³-hybridized carbons (Fsp3) is 0.286. The number of anilines is 1. The zero-order valence-corrected chi connectivity index (χ0v) is 11.6. The maximum absolute atomic E-state index is 13.2. The summed E-state index contributed by atoms with van der Waals surface area (Å²) in [6.45, 7) is 6.53. The summed E-state index contributed by atoms with van der Waals surface area (Å²) in [5.41, 5.74) is 0.568. The molecule has 2 amide bonds. The molecule has 0 aliphatic rings. The highest BCUT2D eigenvalue weighted by molar-refractivity contribution is 5.93. The lowest BCUT2D eigenvalue weighted by Crippen LogP contribution is -2.31. The smallest absolute Gasteiger partial charge is 0.338 e. The fourth-order valence-corrected chi connectivity index (χ4v) is 1.43. The molecule has 0 atom stereocenters. The number of aromatic carboxylic acids is 1. The van der Waals surface area contributed by atoms with Gasteiger partial charge < -0.3 is 20.5 Å². The van der Waals surface area contributed by atoms with Gasteiger partial charge in [-0.15, -0.1) is 0 Å². The van der Waals surface area contributed by atoms with Gasteiger partial charge in [0, 0.05) is 12.2 Å². The minimum absolute atomic E-state index is 0.189. The molecular weight excluding hydrogens is 279 g/mol. The second-order valence-corrected chi connectivity index (χ2v) is 4.39. The SMILES string of the molecule is C=C(C)COCCNC(=O)Nc1ccc(F)c(C(=O)O)c1. The second-order valence-electron chi connectivity index (χ2n) is 4.39. The zero-order chi connectivity index (χ0) is 15.8. The summed E-state index contributed by atoms with van der Waals surface area (Å²) in [6.07, 6.45) is 0. The van der Waals surface area contributed by atoms with Crippen molar-refractivity contribution in [2.24, 2.45) is 0 Å². The normalized spacial score (nSPS) is 10.0. The summed E-state index contributed by atoms with van der Waals surface area (Å²) in [4.78, 5) is 22.3. The third kappa shape index (κ3) is 6.05. The van der Waals surface area contributed by atoms with Gasteiger partial charge in [-0.2, -0.15) is 0 Å². The van der Waals surface area contributed by atoms with Crippen molar-refractivity contribution in [3.05, 3.63) is 41.7 Å². The van der Waals surface area contributed by atoms with E-state index >= 15 is 0 Å². The first-order chi connectivity index (χ1) is 9.90. The van der Waals surface area contributed by atoms with Crippen LogP contribution in [0.5, 0.6) is 0 Å². The first kappa shape index (κ1) is 16.6. The van der Waals surface area contributed by atoms with Gasteiger partial charge in [-0.1, -0.05) is 12.2 Å². The Morgan fingerprint density at radius 3 is 2.76 bits per heavy atom. The Hall–Kier alpha value is -2.41. The van der Waals surface area contributed by atoms with Crippen molar-refractivity contribution in [3.63, 3.8) is 0 Å². The number of ether oxygens (including phenoxy) is 1. The molecule has 7 heteroatoms. The minimum atomic E-state index is -1.40. The zero-order valence-electron chi connectivity index (χ0n) is 11.6. The molecule has 3 N–H and O–H groups in total. The molecule has 0 saturated heterocycles. The van der Waals surface area contributed by atoms with Gasteiger partial charge >= 0.3 is 12.0 Å². The second kappa shape index (κ2) is 8.01. The summed E-state index contributed by atoms with van der Waals surface area (Å²) in [5, 5.41) is 13.7. The summed E-state index contributed by atoms with van der Waals surface area (Å²) in [6, 6.07) is 2.78. The van der Waals surface area contributed by atoms with Gasteiger partial charge in [0.25, 0.3) is 0 Å². The number of amides is 2. The molecule has 0 bridgehead atoms. The third-order valence-corrected chi connectivity index (χ3v) is 2.34. The van der Waals surface area contributed by atoms with E-state index in [1.807, 2.05) is 6.92 Å². The highest BCUT2D eigenvalue weighted by Gasteiger charge is 2.11. The Kier molecular flexibility index (Phi) is 6.35. The number of halogens is 1. The fourth-order valence-electron chi connectivity index (χ4n) is 1.43. The van der Waals surface area contributed by atoms with Gasteiger partial charge in [0.2, 0.25) is 0 Å². The van der Waals surface area contributed by atoms with Crippen LogP contribution in [0.1, 0.15) is 17.3 Å². The van der Waals surface area contributed by atoms with Crippen molar-refractivity contribution in [1.82, 2.24) is 5.32 Å². The lowest BCUT2D eigenvalue weighted by atomic mass is 10.2. The van der Waals surface area contributed by atoms with Crippen molar-refractivity contribution in [2.75, 3.05) is 25.1 Å². The Bertz CT molecular complexity index is 546. The molecular formula is C14H17FN2O4. The topological polar surface area (TPSA) is 87.7 Å². The summed E-state index contributed by atoms with van der Waals surface area (Å²) in [5.74, 6) is -2.26. The number of nitrogens with one attached hydrogen (secondary N) is 2. The van der Waals surface area contributed by atoms with Gasteiger partial charge in [0.1, 0.15) is 5.82 Å². The predicted molar refractivity (Wildman–Crippen MR) is 76.0 cm³/mol. The Morgan fingerprint density at radius 1 is 1.43 bits per heavy atom. The molecule has 0 aliphatic heterocycles. The van der Waals surface area contributed by atoms with Crippen molar-refractivity contribution < 1.29 is 23.8 Å². The Balaban J connectivity index is 2.43. The first-order valence-corrected chi connectivity index (χ1v) is 6.20. The third-order valence-electron chi connectivity index (χ3n) is 2.34. The largest absolute Gasteiger partial charge is 0.478 e. The van der Waals surface area contributed by atoms with E-state index in [1.54, 1.807) is 0 Å². The van der Waals surface area contributed by atoms with Crippen LogP contribution in [0.3, 0.4) is 0 Å². The van der Waals surface area contributed by atoms with Gasteiger partial charge in [-0.25, -0.2) is 14.0 Å². The molecule has 114 valence electrons. The molecule has 21 heavy (non-hydrogen) atoms. The van der Waals surface area contributed by atoms with Crippen molar-refractivity contribution in [2.45, 2.75) is 6.92 Å². The lowest BCUT2D eigenvalue weighted by molar-refractivity contribution is 0.0692. The standard InChI is InChI=1S/C14H17FN2O4/c1-9(2)8-21-6-5-16-14(20)17-10-3-4-12(15)11(7-10)13(18)19/h3-4,7H,1,5-6,8H2,2H3,(H,18,19)(H2,16,17,20). The number of hydrogen-bond donors (Lipinski definition) is 3. The van der Waals surface area contributed by atoms with E-state index in [-0.39, 0.29) is 12.2 Å². The molecule has 0 spiro atoms. The highest BCUT2D eigenvalue weighted by Crippen LogP contribution is 2.14. The van der Waals surface area contributed by atoms with Crippen LogP contribution >= 0.6 is 0 Å². The average Bonchev–Trinajstić information content (AvgIpc) is 2.40. The van der Waals surface area contributed by atoms with Gasteiger partial charge in [0.05, 0.1) is 18.8 Å². The highest BCUT2D eigenvalue weighted by atomic mass is 19.1. The molecule has 1 aromatic rings. The molecule has 0 aromatic heterocycles. The first-order valence-electron chi connectivity index (χ1n) is 6.20. The number of hydrogen-bond acceptors (Lipinski definition) is 3. The van der Waals surface area contributed by atoms with Crippen molar-refractivity contribution >= 4 is 17.7 Å². The van der Waals surface area contributed by atoms with Crippen LogP contribution in [0.15, 0.2) is 30.4 Å². The van der Waals surface area contributed by atoms with E-state index in [0.29, 0.717) is 13.2 Å². The molecule has 1 aromatic carbocycles. The maximum atomic E-state index is 13.2. The number of rotatable bonds is 7. The lowest BCUT2D eigenvalue weighted by Gasteiger charge is -2.09. The summed E-state index contributed by atoms with van der Waals surface area (Å²) in [7, 11) is 0. The van der Waals surface area contributed by atoms with Crippen LogP contribution in [0.25, 0.3) is 0 Å². The average molecular weight is 296 g/mol. The summed E-state index contributed by atoms with van der Waals surface area (Å²) < 4.78 is 18.4. The number of carbonyl (C=O) groups excluding carboxylic acids is 1. The molecule has 0 aliphatic carbocycles. The van der Waals surface area contributed by atoms with Crippen LogP contribution in [-0.2, 0) is 4.74 Å². The van der Waals surface area contributed by atoms with E-state index in [0.717, 1.165) is 17.7 Å². The van der Waals surface area contributed by atoms with E-state index < -0.39 is 23.4 Å². The number of carboxylic acids is 1. The van der Waals surface area contributed by atoms with Gasteiger partial charge in [-0.3, -0.25) is 0 Å². The van der Waals surface area contributed by atoms with Gasteiger partial charge in [-0.05, 0) is 25.1 Å². The van der Waals surface area contributed by atoms with E-state index in [1.165, 1.54) is 6.07 Å². The quantitative estimate of drug-likeness (QED) is 0.532. The summed E-state index contributed by atoms with van der Waals surface area (Å²) >= 11 is 0. The van der Waals surface area contributed by atoms with Gasteiger partial charge in [0.15, 0.2) is 0 Å². The van der Waals surface area contributed by atoms with Crippen LogP contribution in [0, 0.1) is 5.82 Å². The van der Waals surface area contributed by atoms with E-state index in [4.69, 9.17) is 9.84 Å². The Morgan fingerprint density at radius 2 is 2.14 bits per heavy atom. The molecule has 1 rings (SSSR count). The predicted octanol–water partition coefficient (Wildman–Crippen LogP) is 2.24. The molecule has 0 unspecified atom stereocenters. The number of benzene rings is 1. The number of carboxylic acid groups (broad SMARTS) is 1. The Labute approximate surface area is 121 Å². The van der Waals surface area contributed by atoms with Crippen LogP contribution in [0.2, 0.25) is 0 Å². The molecule has 0 radical (unpaired) electrons. The van der Waals surface area contributed by atoms with E-state index in [2.05, 4.69) is 17.2 Å². The van der Waals surface area contributed by atoms with Crippen LogP contribution < -0.4 is 10.6 Å². The number of urea groups is 1. The maximum Gasteiger partial charge on any atom is 0.338 e. The molecule has 6 nitrogen and oxygen atoms in total. The van der Waals surface area contributed by atoms with Crippen molar-refractivity contribution in [3.8, 4) is 0 Å². The number of carbonyl (C=O) groups is 2. The molecule has 0 saturated carbocycles. The minimum Gasteiger partial charge on any atom is -0.478 e. The van der Waals surface area contributed by atoms with Crippen LogP contribution in [-0.4, -0.2) is 36.9 Å². The van der Waals surface area contributed by atoms with Crippen LogP contribution in [0.4, 0.5) is 14.9 Å². The van der Waals surface area contributed by atoms with E-state index in [9.17, 15) is 14.0 Å². The molecule has 0 heterocycles. The monoisotopic (exact) mass is 296 g/mol.